The molecule has 1 aliphatic heterocycles. The Morgan fingerprint density at radius 3 is 2.52 bits per heavy atom. The maximum Gasteiger partial charge on any atom is 0.247 e. The standard InChI is InChI=1S/C21H29N3O6S/c1-14-22-13-17(29-14)21(8-4-5-9-21)16-12-18(30-24-16)23-19(25)20(2,3)31(26,27)15-6-10-28-11-7-15/h12-13,15H,4-11H2,1-3H3,(H,23,25). The number of carbonyl (C=O) groups excluding carboxylic acids is 1. The van der Waals surface area contributed by atoms with Gasteiger partial charge in [-0.25, -0.2) is 13.4 Å². The summed E-state index contributed by atoms with van der Waals surface area (Å²) in [7, 11) is -3.72. The number of amides is 1. The SMILES string of the molecule is Cc1ncc(C2(c3cc(NC(=O)C(C)(C)S(=O)(=O)C4CCOCC4)on3)CCCC2)o1. The van der Waals surface area contributed by atoms with E-state index in [9.17, 15) is 13.2 Å². The minimum absolute atomic E-state index is 0.123. The number of nitrogens with one attached hydrogen (secondary N) is 1. The molecule has 1 N–H and O–H groups in total. The molecule has 2 aromatic rings. The van der Waals surface area contributed by atoms with Gasteiger partial charge in [-0.05, 0) is 39.5 Å². The summed E-state index contributed by atoms with van der Waals surface area (Å²) in [5.74, 6) is 0.796. The van der Waals surface area contributed by atoms with E-state index in [4.69, 9.17) is 13.7 Å². The highest BCUT2D eigenvalue weighted by Gasteiger charge is 2.47. The monoisotopic (exact) mass is 451 g/mol. The number of hydrogen-bond acceptors (Lipinski definition) is 8. The van der Waals surface area contributed by atoms with Crippen molar-refractivity contribution in [2.45, 2.75) is 74.7 Å². The van der Waals surface area contributed by atoms with Gasteiger partial charge >= 0.3 is 0 Å². The van der Waals surface area contributed by atoms with Gasteiger partial charge in [-0.15, -0.1) is 0 Å². The number of rotatable bonds is 6. The van der Waals surface area contributed by atoms with Gasteiger partial charge in [-0.1, -0.05) is 18.0 Å². The van der Waals surface area contributed by atoms with E-state index in [-0.39, 0.29) is 5.88 Å². The zero-order valence-electron chi connectivity index (χ0n) is 18.1. The van der Waals surface area contributed by atoms with E-state index in [0.717, 1.165) is 31.4 Å². The third-order valence-corrected chi connectivity index (χ3v) is 9.61. The molecule has 0 unspecified atom stereocenters. The van der Waals surface area contributed by atoms with Crippen LogP contribution in [-0.4, -0.2) is 47.7 Å². The Bertz CT molecular complexity index is 1040. The summed E-state index contributed by atoms with van der Waals surface area (Å²) < 4.78 is 41.1. The van der Waals surface area contributed by atoms with E-state index in [2.05, 4.69) is 15.5 Å². The molecule has 2 fully saturated rings. The Kier molecular flexibility index (Phi) is 5.72. The Balaban J connectivity index is 1.55. The van der Waals surface area contributed by atoms with Crippen molar-refractivity contribution in [3.8, 4) is 0 Å². The second-order valence-corrected chi connectivity index (χ2v) is 11.7. The van der Waals surface area contributed by atoms with Crippen molar-refractivity contribution < 1.29 is 26.9 Å². The number of hydrogen-bond donors (Lipinski definition) is 1. The predicted octanol–water partition coefficient (Wildman–Crippen LogP) is 3.14. The molecule has 0 atom stereocenters. The largest absolute Gasteiger partial charge is 0.445 e. The molecular weight excluding hydrogens is 422 g/mol. The average Bonchev–Trinajstić information content (AvgIpc) is 3.49. The Morgan fingerprint density at radius 2 is 1.90 bits per heavy atom. The van der Waals surface area contributed by atoms with Crippen molar-refractivity contribution in [2.75, 3.05) is 18.5 Å². The van der Waals surface area contributed by atoms with E-state index < -0.39 is 31.2 Å². The fourth-order valence-corrected chi connectivity index (χ4v) is 6.50. The molecule has 31 heavy (non-hydrogen) atoms. The highest BCUT2D eigenvalue weighted by atomic mass is 32.2. The highest BCUT2D eigenvalue weighted by molar-refractivity contribution is 7.94. The summed E-state index contributed by atoms with van der Waals surface area (Å²) in [4.78, 5) is 17.2. The van der Waals surface area contributed by atoms with E-state index >= 15 is 0 Å². The number of aromatic nitrogens is 2. The second-order valence-electron chi connectivity index (χ2n) is 8.93. The van der Waals surface area contributed by atoms with Gasteiger partial charge in [-0.3, -0.25) is 10.1 Å². The summed E-state index contributed by atoms with van der Waals surface area (Å²) in [6, 6.07) is 1.66. The van der Waals surface area contributed by atoms with Gasteiger partial charge in [-0.2, -0.15) is 0 Å². The summed E-state index contributed by atoms with van der Waals surface area (Å²) in [5.41, 5.74) is 0.207. The molecule has 1 amide bonds. The van der Waals surface area contributed by atoms with Crippen molar-refractivity contribution in [2.24, 2.45) is 0 Å². The van der Waals surface area contributed by atoms with Gasteiger partial charge in [0.1, 0.15) is 10.5 Å². The predicted molar refractivity (Wildman–Crippen MR) is 112 cm³/mol. The van der Waals surface area contributed by atoms with Crippen molar-refractivity contribution in [3.05, 3.63) is 29.6 Å². The van der Waals surface area contributed by atoms with Gasteiger partial charge in [0.25, 0.3) is 0 Å². The summed E-state index contributed by atoms with van der Waals surface area (Å²) >= 11 is 0. The normalized spacial score (nSPS) is 20.1. The number of nitrogens with zero attached hydrogens (tertiary/aromatic N) is 2. The maximum absolute atomic E-state index is 13.1. The molecule has 170 valence electrons. The molecule has 2 aromatic heterocycles. The molecule has 10 heteroatoms. The van der Waals surface area contributed by atoms with Crippen LogP contribution in [0.3, 0.4) is 0 Å². The van der Waals surface area contributed by atoms with E-state index in [1.54, 1.807) is 19.2 Å². The van der Waals surface area contributed by atoms with Crippen molar-refractivity contribution >= 4 is 21.6 Å². The third kappa shape index (κ3) is 3.80. The Hall–Kier alpha value is -2.20. The van der Waals surface area contributed by atoms with Crippen LogP contribution in [0.2, 0.25) is 0 Å². The van der Waals surface area contributed by atoms with Gasteiger partial charge in [0.15, 0.2) is 15.7 Å². The van der Waals surface area contributed by atoms with Crippen LogP contribution in [0.1, 0.15) is 69.7 Å². The summed E-state index contributed by atoms with van der Waals surface area (Å²) in [6.07, 6.45) is 6.22. The molecule has 2 aliphatic rings. The molecule has 0 radical (unpaired) electrons. The minimum atomic E-state index is -3.72. The fourth-order valence-electron chi connectivity index (χ4n) is 4.54. The summed E-state index contributed by atoms with van der Waals surface area (Å²) in [6.45, 7) is 5.43. The zero-order valence-corrected chi connectivity index (χ0v) is 19.0. The van der Waals surface area contributed by atoms with Crippen LogP contribution in [0, 0.1) is 6.92 Å². The summed E-state index contributed by atoms with van der Waals surface area (Å²) in [5, 5.41) is 6.23. The Morgan fingerprint density at radius 1 is 1.23 bits per heavy atom. The number of anilines is 1. The van der Waals surface area contributed by atoms with Gasteiger partial charge < -0.3 is 13.7 Å². The highest BCUT2D eigenvalue weighted by Crippen LogP contribution is 2.46. The molecule has 1 aliphatic carbocycles. The molecule has 1 saturated carbocycles. The molecule has 0 spiro atoms. The van der Waals surface area contributed by atoms with Crippen molar-refractivity contribution in [1.29, 1.82) is 0 Å². The second kappa shape index (κ2) is 8.05. The first-order chi connectivity index (χ1) is 14.7. The van der Waals surface area contributed by atoms with Crippen LogP contribution in [0.4, 0.5) is 5.88 Å². The first-order valence-corrected chi connectivity index (χ1v) is 12.2. The lowest BCUT2D eigenvalue weighted by Crippen LogP contribution is -2.50. The lowest BCUT2D eigenvalue weighted by molar-refractivity contribution is -0.118. The van der Waals surface area contributed by atoms with Gasteiger partial charge in [0.05, 0.1) is 22.6 Å². The first-order valence-electron chi connectivity index (χ1n) is 10.7. The van der Waals surface area contributed by atoms with E-state index in [1.807, 2.05) is 0 Å². The molecule has 4 rings (SSSR count). The fraction of sp³-hybridized carbons (Fsp3) is 0.667. The van der Waals surface area contributed by atoms with Crippen LogP contribution in [0.5, 0.6) is 0 Å². The Labute approximate surface area is 181 Å². The number of aryl methyl sites for hydroxylation is 1. The number of carbonyl (C=O) groups is 1. The first kappa shape index (κ1) is 22.0. The van der Waals surface area contributed by atoms with Gasteiger partial charge in [0.2, 0.25) is 11.8 Å². The lowest BCUT2D eigenvalue weighted by Gasteiger charge is -2.30. The minimum Gasteiger partial charge on any atom is -0.445 e. The number of sulfone groups is 1. The number of ether oxygens (including phenoxy) is 1. The quantitative estimate of drug-likeness (QED) is 0.710. The molecule has 0 aromatic carbocycles. The van der Waals surface area contributed by atoms with Crippen LogP contribution in [-0.2, 0) is 24.8 Å². The van der Waals surface area contributed by atoms with Crippen LogP contribution >= 0.6 is 0 Å². The van der Waals surface area contributed by atoms with E-state index in [1.165, 1.54) is 13.8 Å². The van der Waals surface area contributed by atoms with E-state index in [0.29, 0.717) is 37.6 Å². The third-order valence-electron chi connectivity index (χ3n) is 6.65. The van der Waals surface area contributed by atoms with Crippen LogP contribution < -0.4 is 5.32 Å². The van der Waals surface area contributed by atoms with Crippen molar-refractivity contribution in [1.82, 2.24) is 10.1 Å². The molecule has 0 bridgehead atoms. The molecule has 9 nitrogen and oxygen atoms in total. The lowest BCUT2D eigenvalue weighted by atomic mass is 9.80. The average molecular weight is 452 g/mol. The van der Waals surface area contributed by atoms with Crippen LogP contribution in [0.15, 0.2) is 21.2 Å². The smallest absolute Gasteiger partial charge is 0.247 e. The topological polar surface area (TPSA) is 125 Å². The van der Waals surface area contributed by atoms with Crippen molar-refractivity contribution in [3.63, 3.8) is 0 Å². The zero-order chi connectivity index (χ0) is 22.3. The molecule has 3 heterocycles. The maximum atomic E-state index is 13.1. The van der Waals surface area contributed by atoms with Gasteiger partial charge in [0, 0.05) is 26.2 Å². The number of oxazole rings is 1. The molecular formula is C21H29N3O6S. The van der Waals surface area contributed by atoms with Crippen LogP contribution in [0.25, 0.3) is 0 Å². The molecule has 1 saturated heterocycles.